The molecule has 1 aromatic rings. The molecule has 0 bridgehead atoms. The third kappa shape index (κ3) is 4.82. The fourth-order valence-electron chi connectivity index (χ4n) is 2.20. The van der Waals surface area contributed by atoms with Gasteiger partial charge in [-0.1, -0.05) is 6.07 Å². The zero-order valence-electron chi connectivity index (χ0n) is 12.4. The summed E-state index contributed by atoms with van der Waals surface area (Å²) in [4.78, 5) is 2.15. The zero-order chi connectivity index (χ0) is 14.4. The predicted molar refractivity (Wildman–Crippen MR) is 78.7 cm³/mol. The first-order chi connectivity index (χ1) is 8.97. The van der Waals surface area contributed by atoms with Crippen molar-refractivity contribution in [1.82, 2.24) is 4.90 Å². The second-order valence-corrected chi connectivity index (χ2v) is 5.20. The molecule has 1 unspecified atom stereocenters. The summed E-state index contributed by atoms with van der Waals surface area (Å²) in [7, 11) is 3.73. The van der Waals surface area contributed by atoms with Gasteiger partial charge in [0.05, 0.1) is 13.7 Å². The van der Waals surface area contributed by atoms with Gasteiger partial charge in [-0.2, -0.15) is 0 Å². The van der Waals surface area contributed by atoms with Gasteiger partial charge in [0.25, 0.3) is 0 Å². The quantitative estimate of drug-likeness (QED) is 0.776. The molecule has 0 aromatic heterocycles. The largest absolute Gasteiger partial charge is 0.496 e. The number of hydrogen-bond acceptors (Lipinski definition) is 4. The van der Waals surface area contributed by atoms with Gasteiger partial charge in [-0.25, -0.2) is 0 Å². The standard InChI is InChI=1S/C15H26N2O2/c1-11-8-15(19-4)12(2)7-13(11)5-6-17(3)9-14(16)10-18/h7-8,14,18H,5-6,9-10,16H2,1-4H3. The van der Waals surface area contributed by atoms with E-state index < -0.39 is 0 Å². The van der Waals surface area contributed by atoms with Crippen molar-refractivity contribution in [2.45, 2.75) is 26.3 Å². The van der Waals surface area contributed by atoms with Crippen LogP contribution in [0.15, 0.2) is 12.1 Å². The van der Waals surface area contributed by atoms with E-state index in [2.05, 4.69) is 30.9 Å². The van der Waals surface area contributed by atoms with Gasteiger partial charge in [-0.05, 0) is 50.1 Å². The maximum Gasteiger partial charge on any atom is 0.122 e. The van der Waals surface area contributed by atoms with Crippen molar-refractivity contribution >= 4 is 0 Å². The molecule has 1 atom stereocenters. The highest BCUT2D eigenvalue weighted by molar-refractivity contribution is 5.41. The number of methoxy groups -OCH3 is 1. The van der Waals surface area contributed by atoms with Crippen LogP contribution in [0.5, 0.6) is 5.75 Å². The van der Waals surface area contributed by atoms with Gasteiger partial charge in [-0.3, -0.25) is 0 Å². The Hall–Kier alpha value is -1.10. The van der Waals surface area contributed by atoms with Crippen LogP contribution in [-0.4, -0.2) is 49.9 Å². The Bertz CT molecular complexity index is 407. The van der Waals surface area contributed by atoms with Crippen molar-refractivity contribution in [1.29, 1.82) is 0 Å². The summed E-state index contributed by atoms with van der Waals surface area (Å²) in [6.07, 6.45) is 0.977. The molecular weight excluding hydrogens is 240 g/mol. The van der Waals surface area contributed by atoms with Gasteiger partial charge in [0.1, 0.15) is 5.75 Å². The van der Waals surface area contributed by atoms with Gasteiger partial charge < -0.3 is 20.5 Å². The Balaban J connectivity index is 2.60. The number of ether oxygens (including phenoxy) is 1. The molecule has 0 aliphatic rings. The molecule has 0 radical (unpaired) electrons. The summed E-state index contributed by atoms with van der Waals surface area (Å²) < 4.78 is 5.32. The summed E-state index contributed by atoms with van der Waals surface area (Å²) >= 11 is 0. The number of nitrogens with zero attached hydrogens (tertiary/aromatic N) is 1. The normalized spacial score (nSPS) is 12.8. The number of likely N-dealkylation sites (N-methyl/N-ethyl adjacent to an activating group) is 1. The number of aliphatic hydroxyl groups is 1. The molecule has 19 heavy (non-hydrogen) atoms. The molecule has 4 nitrogen and oxygen atoms in total. The molecule has 0 saturated heterocycles. The van der Waals surface area contributed by atoms with Gasteiger partial charge in [0.15, 0.2) is 0 Å². The molecule has 0 fully saturated rings. The first kappa shape index (κ1) is 16.0. The van der Waals surface area contributed by atoms with E-state index in [0.717, 1.165) is 24.3 Å². The fraction of sp³-hybridized carbons (Fsp3) is 0.600. The number of aliphatic hydroxyl groups excluding tert-OH is 1. The highest BCUT2D eigenvalue weighted by atomic mass is 16.5. The lowest BCUT2D eigenvalue weighted by molar-refractivity contribution is 0.222. The molecule has 0 heterocycles. The van der Waals surface area contributed by atoms with Gasteiger partial charge in [0.2, 0.25) is 0 Å². The maximum absolute atomic E-state index is 8.94. The lowest BCUT2D eigenvalue weighted by Crippen LogP contribution is -2.38. The molecule has 4 heteroatoms. The van der Waals surface area contributed by atoms with Crippen LogP contribution in [0.3, 0.4) is 0 Å². The van der Waals surface area contributed by atoms with E-state index in [1.54, 1.807) is 7.11 Å². The van der Waals surface area contributed by atoms with Crippen LogP contribution in [0.25, 0.3) is 0 Å². The predicted octanol–water partition coefficient (Wildman–Crippen LogP) is 1.11. The van der Waals surface area contributed by atoms with E-state index in [9.17, 15) is 0 Å². The summed E-state index contributed by atoms with van der Waals surface area (Å²) in [6, 6.07) is 4.11. The maximum atomic E-state index is 8.94. The molecule has 0 spiro atoms. The van der Waals surface area contributed by atoms with E-state index >= 15 is 0 Å². The Labute approximate surface area is 116 Å². The Kier molecular flexibility index (Phi) is 6.28. The van der Waals surface area contributed by atoms with Crippen molar-refractivity contribution < 1.29 is 9.84 Å². The van der Waals surface area contributed by atoms with Crippen LogP contribution in [0.1, 0.15) is 16.7 Å². The van der Waals surface area contributed by atoms with Gasteiger partial charge in [-0.15, -0.1) is 0 Å². The van der Waals surface area contributed by atoms with Crippen molar-refractivity contribution in [2.24, 2.45) is 5.73 Å². The van der Waals surface area contributed by atoms with Crippen LogP contribution < -0.4 is 10.5 Å². The van der Waals surface area contributed by atoms with E-state index in [4.69, 9.17) is 15.6 Å². The summed E-state index contributed by atoms with van der Waals surface area (Å²) in [5, 5.41) is 8.94. The van der Waals surface area contributed by atoms with Crippen LogP contribution in [0.4, 0.5) is 0 Å². The minimum Gasteiger partial charge on any atom is -0.496 e. The van der Waals surface area contributed by atoms with E-state index in [-0.39, 0.29) is 12.6 Å². The van der Waals surface area contributed by atoms with Crippen LogP contribution in [-0.2, 0) is 6.42 Å². The van der Waals surface area contributed by atoms with Gasteiger partial charge >= 0.3 is 0 Å². The zero-order valence-corrected chi connectivity index (χ0v) is 12.4. The van der Waals surface area contributed by atoms with Crippen LogP contribution in [0.2, 0.25) is 0 Å². The van der Waals surface area contributed by atoms with Crippen molar-refractivity contribution in [2.75, 3.05) is 33.9 Å². The first-order valence-electron chi connectivity index (χ1n) is 6.67. The molecule has 1 rings (SSSR count). The Morgan fingerprint density at radius 1 is 1.32 bits per heavy atom. The molecule has 0 aliphatic heterocycles. The second-order valence-electron chi connectivity index (χ2n) is 5.20. The Morgan fingerprint density at radius 3 is 2.58 bits per heavy atom. The number of rotatable bonds is 7. The third-order valence-corrected chi connectivity index (χ3v) is 3.40. The number of nitrogens with two attached hydrogens (primary N) is 1. The number of aryl methyl sites for hydroxylation is 2. The SMILES string of the molecule is COc1cc(C)c(CCN(C)CC(N)CO)cc1C. The van der Waals surface area contributed by atoms with E-state index in [1.807, 2.05) is 7.05 Å². The lowest BCUT2D eigenvalue weighted by atomic mass is 10.0. The van der Waals surface area contributed by atoms with Crippen LogP contribution in [0, 0.1) is 13.8 Å². The summed E-state index contributed by atoms with van der Waals surface area (Å²) in [5.74, 6) is 0.942. The monoisotopic (exact) mass is 266 g/mol. The van der Waals surface area contributed by atoms with E-state index in [1.165, 1.54) is 11.1 Å². The molecule has 3 N–H and O–H groups in total. The molecular formula is C15H26N2O2. The topological polar surface area (TPSA) is 58.7 Å². The van der Waals surface area contributed by atoms with Crippen molar-refractivity contribution in [3.05, 3.63) is 28.8 Å². The molecule has 108 valence electrons. The minimum atomic E-state index is -0.163. The molecule has 1 aromatic carbocycles. The second kappa shape index (κ2) is 7.48. The smallest absolute Gasteiger partial charge is 0.122 e. The molecule has 0 amide bonds. The average molecular weight is 266 g/mol. The van der Waals surface area contributed by atoms with Crippen molar-refractivity contribution in [3.8, 4) is 5.75 Å². The minimum absolute atomic E-state index is 0.0327. The number of benzene rings is 1. The average Bonchev–Trinajstić information content (AvgIpc) is 2.39. The molecule has 0 saturated carbocycles. The van der Waals surface area contributed by atoms with E-state index in [0.29, 0.717) is 6.54 Å². The van der Waals surface area contributed by atoms with Gasteiger partial charge in [0, 0.05) is 19.1 Å². The Morgan fingerprint density at radius 2 is 2.00 bits per heavy atom. The summed E-state index contributed by atoms with van der Waals surface area (Å²) in [6.45, 7) is 5.85. The molecule has 0 aliphatic carbocycles. The summed E-state index contributed by atoms with van der Waals surface area (Å²) in [5.41, 5.74) is 9.48. The van der Waals surface area contributed by atoms with Crippen LogP contribution >= 0.6 is 0 Å². The third-order valence-electron chi connectivity index (χ3n) is 3.40. The highest BCUT2D eigenvalue weighted by Crippen LogP contribution is 2.22. The first-order valence-corrected chi connectivity index (χ1v) is 6.67. The fourth-order valence-corrected chi connectivity index (χ4v) is 2.20. The lowest BCUT2D eigenvalue weighted by Gasteiger charge is -2.20. The highest BCUT2D eigenvalue weighted by Gasteiger charge is 2.08. The number of hydrogen-bond donors (Lipinski definition) is 2. The van der Waals surface area contributed by atoms with Crippen molar-refractivity contribution in [3.63, 3.8) is 0 Å².